The molecule has 0 atom stereocenters. The highest BCUT2D eigenvalue weighted by Crippen LogP contribution is 2.34. The van der Waals surface area contributed by atoms with Crippen LogP contribution in [0.25, 0.3) is 0 Å². The maximum absolute atomic E-state index is 12.3. The van der Waals surface area contributed by atoms with E-state index >= 15 is 0 Å². The summed E-state index contributed by atoms with van der Waals surface area (Å²) in [5.41, 5.74) is 2.33. The van der Waals surface area contributed by atoms with Crippen LogP contribution in [0.4, 0.5) is 5.88 Å². The van der Waals surface area contributed by atoms with E-state index in [2.05, 4.69) is 15.5 Å². The number of hydrogen-bond acceptors (Lipinski definition) is 7. The number of carbonyl (C=O) groups excluding carboxylic acids is 1. The number of carbonyl (C=O) groups is 1. The van der Waals surface area contributed by atoms with Crippen molar-refractivity contribution in [1.82, 2.24) is 10.1 Å². The van der Waals surface area contributed by atoms with Gasteiger partial charge in [0.2, 0.25) is 11.8 Å². The van der Waals surface area contributed by atoms with Gasteiger partial charge in [-0.2, -0.15) is 11.8 Å². The topological polar surface area (TPSA) is 86.5 Å². The lowest BCUT2D eigenvalue weighted by molar-refractivity contribution is 0.0237. The fraction of sp³-hybridized carbons (Fsp3) is 0.438. The minimum absolute atomic E-state index is 0.125. The zero-order chi connectivity index (χ0) is 16.4. The SMILES string of the molecule is O=C(Nc1onc2c1CSC2)c1ccc(OC2CCOCC2)nc1. The van der Waals surface area contributed by atoms with Gasteiger partial charge in [-0.25, -0.2) is 4.98 Å². The number of thioether (sulfide) groups is 1. The summed E-state index contributed by atoms with van der Waals surface area (Å²) in [6.45, 7) is 1.43. The van der Waals surface area contributed by atoms with E-state index in [1.165, 1.54) is 6.20 Å². The molecule has 1 saturated heterocycles. The third-order valence-corrected chi connectivity index (χ3v) is 5.01. The van der Waals surface area contributed by atoms with Gasteiger partial charge in [-0.3, -0.25) is 10.1 Å². The molecule has 1 fully saturated rings. The number of hydrogen-bond donors (Lipinski definition) is 1. The fourth-order valence-electron chi connectivity index (χ4n) is 2.68. The first-order chi connectivity index (χ1) is 11.8. The monoisotopic (exact) mass is 347 g/mol. The predicted molar refractivity (Wildman–Crippen MR) is 88.2 cm³/mol. The summed E-state index contributed by atoms with van der Waals surface area (Å²) in [5.74, 6) is 2.33. The molecule has 4 rings (SSSR count). The number of ether oxygens (including phenoxy) is 2. The lowest BCUT2D eigenvalue weighted by Crippen LogP contribution is -2.26. The molecule has 2 aliphatic heterocycles. The van der Waals surface area contributed by atoms with Crippen molar-refractivity contribution in [2.45, 2.75) is 30.5 Å². The first-order valence-electron chi connectivity index (χ1n) is 7.86. The van der Waals surface area contributed by atoms with Crippen LogP contribution in [0.3, 0.4) is 0 Å². The summed E-state index contributed by atoms with van der Waals surface area (Å²) < 4.78 is 16.3. The zero-order valence-electron chi connectivity index (χ0n) is 13.0. The first-order valence-corrected chi connectivity index (χ1v) is 9.02. The predicted octanol–water partition coefficient (Wildman–Crippen LogP) is 2.63. The Hall–Kier alpha value is -2.06. The number of pyridine rings is 1. The Labute approximate surface area is 143 Å². The molecule has 2 aromatic heterocycles. The summed E-state index contributed by atoms with van der Waals surface area (Å²) in [6.07, 6.45) is 3.35. The molecule has 7 nitrogen and oxygen atoms in total. The molecule has 0 spiro atoms. The lowest BCUT2D eigenvalue weighted by Gasteiger charge is -2.22. The molecule has 4 heterocycles. The van der Waals surface area contributed by atoms with Crippen LogP contribution >= 0.6 is 11.8 Å². The van der Waals surface area contributed by atoms with Crippen molar-refractivity contribution in [2.24, 2.45) is 0 Å². The number of nitrogens with zero attached hydrogens (tertiary/aromatic N) is 2. The number of nitrogens with one attached hydrogen (secondary N) is 1. The van der Waals surface area contributed by atoms with Gasteiger partial charge in [0.25, 0.3) is 5.91 Å². The van der Waals surface area contributed by atoms with Crippen LogP contribution in [0.5, 0.6) is 5.88 Å². The Morgan fingerprint density at radius 2 is 2.17 bits per heavy atom. The van der Waals surface area contributed by atoms with Gasteiger partial charge in [-0.1, -0.05) is 5.16 Å². The number of rotatable bonds is 4. The van der Waals surface area contributed by atoms with Crippen molar-refractivity contribution >= 4 is 23.6 Å². The van der Waals surface area contributed by atoms with Crippen molar-refractivity contribution in [3.8, 4) is 5.88 Å². The molecule has 0 radical (unpaired) electrons. The summed E-state index contributed by atoms with van der Waals surface area (Å²) in [7, 11) is 0. The van der Waals surface area contributed by atoms with Crippen molar-refractivity contribution < 1.29 is 18.8 Å². The van der Waals surface area contributed by atoms with Crippen LogP contribution in [-0.2, 0) is 16.2 Å². The summed E-state index contributed by atoms with van der Waals surface area (Å²) in [5, 5.41) is 6.73. The van der Waals surface area contributed by atoms with Crippen LogP contribution in [-0.4, -0.2) is 35.4 Å². The third kappa shape index (κ3) is 3.25. The smallest absolute Gasteiger partial charge is 0.259 e. The van der Waals surface area contributed by atoms with Gasteiger partial charge in [0, 0.05) is 36.6 Å². The highest BCUT2D eigenvalue weighted by Gasteiger charge is 2.23. The summed E-state index contributed by atoms with van der Waals surface area (Å²) in [6, 6.07) is 3.41. The molecule has 2 aliphatic rings. The first kappa shape index (κ1) is 15.5. The van der Waals surface area contributed by atoms with Crippen LogP contribution in [0, 0.1) is 0 Å². The number of amides is 1. The van der Waals surface area contributed by atoms with Crippen LogP contribution in [0.1, 0.15) is 34.5 Å². The molecular formula is C16H17N3O4S. The van der Waals surface area contributed by atoms with E-state index < -0.39 is 0 Å². The quantitative estimate of drug-likeness (QED) is 0.910. The molecule has 0 aliphatic carbocycles. The van der Waals surface area contributed by atoms with E-state index in [4.69, 9.17) is 14.0 Å². The van der Waals surface area contributed by atoms with E-state index in [0.717, 1.165) is 35.6 Å². The normalized spacial score (nSPS) is 17.5. The standard InChI is InChI=1S/C16H17N3O4S/c20-15(18-16-12-8-24-9-13(12)19-23-16)10-1-2-14(17-7-10)22-11-3-5-21-6-4-11/h1-2,7,11H,3-6,8-9H2,(H,18,20). The van der Waals surface area contributed by atoms with Gasteiger partial charge >= 0.3 is 0 Å². The highest BCUT2D eigenvalue weighted by atomic mass is 32.2. The number of fused-ring (bicyclic) bond motifs is 1. The van der Waals surface area contributed by atoms with Gasteiger partial charge < -0.3 is 14.0 Å². The molecule has 0 bridgehead atoms. The minimum atomic E-state index is -0.268. The second kappa shape index (κ2) is 6.82. The average Bonchev–Trinajstić information content (AvgIpc) is 3.22. The van der Waals surface area contributed by atoms with Crippen LogP contribution in [0.2, 0.25) is 0 Å². The van der Waals surface area contributed by atoms with E-state index in [0.29, 0.717) is 30.5 Å². The molecule has 24 heavy (non-hydrogen) atoms. The maximum Gasteiger partial charge on any atom is 0.259 e. The van der Waals surface area contributed by atoms with Crippen LogP contribution in [0.15, 0.2) is 22.9 Å². The molecule has 0 unspecified atom stereocenters. The second-order valence-corrected chi connectivity index (χ2v) is 6.68. The Morgan fingerprint density at radius 3 is 2.96 bits per heavy atom. The van der Waals surface area contributed by atoms with Crippen molar-refractivity contribution in [3.05, 3.63) is 35.2 Å². The Balaban J connectivity index is 1.39. The lowest BCUT2D eigenvalue weighted by atomic mass is 10.1. The largest absolute Gasteiger partial charge is 0.474 e. The van der Waals surface area contributed by atoms with Gasteiger partial charge in [-0.05, 0) is 6.07 Å². The Kier molecular flexibility index (Phi) is 4.40. The molecule has 1 N–H and O–H groups in total. The van der Waals surface area contributed by atoms with Crippen molar-refractivity contribution in [1.29, 1.82) is 0 Å². The van der Waals surface area contributed by atoms with E-state index in [9.17, 15) is 4.79 Å². The van der Waals surface area contributed by atoms with E-state index in [1.54, 1.807) is 23.9 Å². The van der Waals surface area contributed by atoms with Crippen molar-refractivity contribution in [2.75, 3.05) is 18.5 Å². The summed E-state index contributed by atoms with van der Waals surface area (Å²) in [4.78, 5) is 16.5. The number of aromatic nitrogens is 2. The summed E-state index contributed by atoms with van der Waals surface area (Å²) >= 11 is 1.75. The Morgan fingerprint density at radius 1 is 1.29 bits per heavy atom. The van der Waals surface area contributed by atoms with E-state index in [-0.39, 0.29) is 12.0 Å². The maximum atomic E-state index is 12.3. The molecule has 8 heteroatoms. The molecule has 0 saturated carbocycles. The Bertz CT molecular complexity index is 725. The van der Waals surface area contributed by atoms with Gasteiger partial charge in [0.05, 0.1) is 30.0 Å². The van der Waals surface area contributed by atoms with Crippen molar-refractivity contribution in [3.63, 3.8) is 0 Å². The van der Waals surface area contributed by atoms with Crippen LogP contribution < -0.4 is 10.1 Å². The van der Waals surface area contributed by atoms with Gasteiger partial charge in [-0.15, -0.1) is 0 Å². The molecular weight excluding hydrogens is 330 g/mol. The molecule has 126 valence electrons. The van der Waals surface area contributed by atoms with Gasteiger partial charge in [0.15, 0.2) is 0 Å². The minimum Gasteiger partial charge on any atom is -0.474 e. The highest BCUT2D eigenvalue weighted by molar-refractivity contribution is 7.98. The fourth-order valence-corrected chi connectivity index (χ4v) is 3.70. The van der Waals surface area contributed by atoms with Gasteiger partial charge in [0.1, 0.15) is 6.10 Å². The average molecular weight is 347 g/mol. The molecule has 1 amide bonds. The third-order valence-electron chi connectivity index (χ3n) is 4.04. The number of anilines is 1. The zero-order valence-corrected chi connectivity index (χ0v) is 13.8. The second-order valence-electron chi connectivity index (χ2n) is 5.70. The molecule has 0 aromatic carbocycles. The van der Waals surface area contributed by atoms with E-state index in [1.807, 2.05) is 0 Å². The molecule has 2 aromatic rings.